The predicted molar refractivity (Wildman–Crippen MR) is 112 cm³/mol. The zero-order valence-corrected chi connectivity index (χ0v) is 17.6. The quantitative estimate of drug-likeness (QED) is 0.769. The molecule has 2 heterocycles. The number of hydrogen-bond donors (Lipinski definition) is 1. The van der Waals surface area contributed by atoms with Gasteiger partial charge in [0.05, 0.1) is 23.0 Å². The van der Waals surface area contributed by atoms with Gasteiger partial charge in [-0.25, -0.2) is 4.79 Å². The van der Waals surface area contributed by atoms with Crippen LogP contribution < -0.4 is 0 Å². The molecule has 0 aliphatic carbocycles. The Balaban J connectivity index is 1.63. The van der Waals surface area contributed by atoms with E-state index in [1.165, 1.54) is 0 Å². The molecule has 1 fully saturated rings. The lowest BCUT2D eigenvalue weighted by Gasteiger charge is -2.32. The van der Waals surface area contributed by atoms with Crippen LogP contribution in [0.15, 0.2) is 30.5 Å². The Kier molecular flexibility index (Phi) is 6.72. The third-order valence-corrected chi connectivity index (χ3v) is 5.71. The molecule has 1 aromatic carbocycles. The van der Waals surface area contributed by atoms with Gasteiger partial charge in [0.25, 0.3) is 5.91 Å². The number of likely N-dealkylation sites (tertiary alicyclic amines) is 1. The maximum Gasteiger partial charge on any atom is 0.335 e. The molecule has 1 aliphatic heterocycles. The topological polar surface area (TPSA) is 75.4 Å². The molecule has 3 rings (SSSR count). The Morgan fingerprint density at radius 3 is 2.48 bits per heavy atom. The molecular weight excluding hydrogens is 366 g/mol. The third kappa shape index (κ3) is 4.86. The van der Waals surface area contributed by atoms with Gasteiger partial charge in [-0.05, 0) is 49.1 Å². The highest BCUT2D eigenvalue weighted by Gasteiger charge is 2.27. The van der Waals surface area contributed by atoms with Crippen LogP contribution in [-0.4, -0.2) is 44.8 Å². The fourth-order valence-electron chi connectivity index (χ4n) is 4.19. The summed E-state index contributed by atoms with van der Waals surface area (Å²) in [5.41, 5.74) is 3.01. The van der Waals surface area contributed by atoms with E-state index >= 15 is 0 Å². The Morgan fingerprint density at radius 1 is 1.17 bits per heavy atom. The van der Waals surface area contributed by atoms with Crippen LogP contribution in [-0.2, 0) is 19.4 Å². The molecule has 0 spiro atoms. The lowest BCUT2D eigenvalue weighted by atomic mass is 9.88. The Hall–Kier alpha value is -2.63. The molecule has 1 saturated heterocycles. The predicted octanol–water partition coefficient (Wildman–Crippen LogP) is 3.89. The van der Waals surface area contributed by atoms with Gasteiger partial charge in [0.1, 0.15) is 0 Å². The van der Waals surface area contributed by atoms with Crippen LogP contribution in [0.4, 0.5) is 0 Å². The summed E-state index contributed by atoms with van der Waals surface area (Å²) in [6.07, 6.45) is 5.04. The van der Waals surface area contributed by atoms with E-state index in [-0.39, 0.29) is 5.91 Å². The number of nitrogens with zero attached hydrogens (tertiary/aromatic N) is 3. The molecule has 0 unspecified atom stereocenters. The monoisotopic (exact) mass is 397 g/mol. The van der Waals surface area contributed by atoms with Crippen molar-refractivity contribution >= 4 is 11.9 Å². The van der Waals surface area contributed by atoms with Crippen LogP contribution in [0.25, 0.3) is 0 Å². The number of benzene rings is 1. The number of piperidine rings is 1. The third-order valence-electron chi connectivity index (χ3n) is 5.71. The van der Waals surface area contributed by atoms with E-state index in [0.29, 0.717) is 30.5 Å². The van der Waals surface area contributed by atoms with E-state index in [9.17, 15) is 14.7 Å². The molecule has 0 radical (unpaired) electrons. The molecule has 0 atom stereocenters. The molecular formula is C23H31N3O3. The fourth-order valence-corrected chi connectivity index (χ4v) is 4.19. The molecule has 1 aliphatic rings. The van der Waals surface area contributed by atoms with Gasteiger partial charge in [-0.1, -0.05) is 39.0 Å². The average molecular weight is 398 g/mol. The molecule has 29 heavy (non-hydrogen) atoms. The normalized spacial score (nSPS) is 15.1. The van der Waals surface area contributed by atoms with Crippen molar-refractivity contribution in [1.29, 1.82) is 0 Å². The smallest absolute Gasteiger partial charge is 0.335 e. The van der Waals surface area contributed by atoms with E-state index in [0.717, 1.165) is 49.0 Å². The van der Waals surface area contributed by atoms with Crippen LogP contribution in [0.5, 0.6) is 0 Å². The highest BCUT2D eigenvalue weighted by molar-refractivity contribution is 5.95. The van der Waals surface area contributed by atoms with Crippen molar-refractivity contribution in [3.63, 3.8) is 0 Å². The van der Waals surface area contributed by atoms with E-state index in [4.69, 9.17) is 0 Å². The van der Waals surface area contributed by atoms with Crippen molar-refractivity contribution in [2.45, 2.75) is 53.0 Å². The van der Waals surface area contributed by atoms with E-state index < -0.39 is 5.97 Å². The van der Waals surface area contributed by atoms with Gasteiger partial charge < -0.3 is 10.0 Å². The number of carboxylic acid groups (broad SMARTS) is 1. The Bertz CT molecular complexity index is 864. The first-order valence-corrected chi connectivity index (χ1v) is 10.6. The van der Waals surface area contributed by atoms with Gasteiger partial charge in [-0.3, -0.25) is 9.48 Å². The van der Waals surface area contributed by atoms with Crippen LogP contribution in [0.1, 0.15) is 65.6 Å². The zero-order valence-electron chi connectivity index (χ0n) is 17.6. The van der Waals surface area contributed by atoms with E-state index in [1.54, 1.807) is 18.3 Å². The van der Waals surface area contributed by atoms with Crippen LogP contribution in [0, 0.1) is 11.8 Å². The summed E-state index contributed by atoms with van der Waals surface area (Å²) < 4.78 is 1.97. The number of aromatic carboxylic acids is 1. The highest BCUT2D eigenvalue weighted by atomic mass is 16.4. The standard InChI is InChI=1S/C23H31N3O3/c1-4-21-20(14-24-26(21)15-16(2)3)22(27)25-11-9-17(10-12-25)13-18-7-5-6-8-19(18)23(28)29/h5-8,14,16-17H,4,9-13,15H2,1-3H3,(H,28,29). The van der Waals surface area contributed by atoms with Gasteiger partial charge >= 0.3 is 5.97 Å². The molecule has 0 bridgehead atoms. The summed E-state index contributed by atoms with van der Waals surface area (Å²) in [6, 6.07) is 7.22. The molecule has 6 nitrogen and oxygen atoms in total. The SMILES string of the molecule is CCc1c(C(=O)N2CCC(Cc3ccccc3C(=O)O)CC2)cnn1CC(C)C. The Morgan fingerprint density at radius 2 is 1.86 bits per heavy atom. The Labute approximate surface area is 172 Å². The summed E-state index contributed by atoms with van der Waals surface area (Å²) in [5, 5.41) is 13.8. The fraction of sp³-hybridized carbons (Fsp3) is 0.522. The van der Waals surface area contributed by atoms with Crippen LogP contribution in [0.2, 0.25) is 0 Å². The summed E-state index contributed by atoms with van der Waals surface area (Å²) in [5.74, 6) is 0.0707. The summed E-state index contributed by atoms with van der Waals surface area (Å²) in [7, 11) is 0. The lowest BCUT2D eigenvalue weighted by molar-refractivity contribution is 0.0689. The van der Waals surface area contributed by atoms with Crippen LogP contribution in [0.3, 0.4) is 0 Å². The number of hydrogen-bond acceptors (Lipinski definition) is 3. The van der Waals surface area contributed by atoms with Crippen molar-refractivity contribution in [1.82, 2.24) is 14.7 Å². The molecule has 6 heteroatoms. The maximum absolute atomic E-state index is 13.1. The van der Waals surface area contributed by atoms with Gasteiger partial charge in [-0.2, -0.15) is 5.10 Å². The van der Waals surface area contributed by atoms with E-state index in [1.807, 2.05) is 21.7 Å². The lowest BCUT2D eigenvalue weighted by Crippen LogP contribution is -2.39. The van der Waals surface area contributed by atoms with Gasteiger partial charge in [0, 0.05) is 19.6 Å². The number of carboxylic acids is 1. The minimum absolute atomic E-state index is 0.0706. The zero-order chi connectivity index (χ0) is 21.0. The van der Waals surface area contributed by atoms with Crippen molar-refractivity contribution in [3.05, 3.63) is 52.8 Å². The average Bonchev–Trinajstić information content (AvgIpc) is 3.10. The van der Waals surface area contributed by atoms with Gasteiger partial charge in [0.15, 0.2) is 0 Å². The second-order valence-corrected chi connectivity index (χ2v) is 8.34. The van der Waals surface area contributed by atoms with Crippen molar-refractivity contribution in [2.75, 3.05) is 13.1 Å². The molecule has 2 aromatic rings. The van der Waals surface area contributed by atoms with Crippen molar-refractivity contribution in [3.8, 4) is 0 Å². The maximum atomic E-state index is 13.1. The van der Waals surface area contributed by atoms with Gasteiger partial charge in [0.2, 0.25) is 0 Å². The summed E-state index contributed by atoms with van der Waals surface area (Å²) in [6.45, 7) is 8.60. The minimum Gasteiger partial charge on any atom is -0.478 e. The summed E-state index contributed by atoms with van der Waals surface area (Å²) in [4.78, 5) is 26.4. The van der Waals surface area contributed by atoms with Crippen LogP contribution >= 0.6 is 0 Å². The first-order chi connectivity index (χ1) is 13.9. The molecule has 1 aromatic heterocycles. The second kappa shape index (κ2) is 9.25. The minimum atomic E-state index is -0.876. The first-order valence-electron chi connectivity index (χ1n) is 10.6. The number of rotatable bonds is 7. The van der Waals surface area contributed by atoms with Crippen molar-refractivity contribution < 1.29 is 14.7 Å². The van der Waals surface area contributed by atoms with Gasteiger partial charge in [-0.15, -0.1) is 0 Å². The molecule has 1 N–H and O–H groups in total. The van der Waals surface area contributed by atoms with E-state index in [2.05, 4.69) is 25.9 Å². The number of amides is 1. The number of carbonyl (C=O) groups excluding carboxylic acids is 1. The number of carbonyl (C=O) groups is 2. The number of aromatic nitrogens is 2. The first kappa shape index (κ1) is 21.1. The molecule has 0 saturated carbocycles. The molecule has 156 valence electrons. The highest BCUT2D eigenvalue weighted by Crippen LogP contribution is 2.25. The largest absolute Gasteiger partial charge is 0.478 e. The summed E-state index contributed by atoms with van der Waals surface area (Å²) >= 11 is 0. The molecule has 1 amide bonds. The second-order valence-electron chi connectivity index (χ2n) is 8.34. The van der Waals surface area contributed by atoms with Crippen molar-refractivity contribution in [2.24, 2.45) is 11.8 Å².